The Morgan fingerprint density at radius 2 is 0.696 bits per heavy atom. The highest BCUT2D eigenvalue weighted by Crippen LogP contribution is 2.39. The van der Waals surface area contributed by atoms with E-state index in [1.165, 1.54) is 37.9 Å². The zero-order valence-corrected chi connectivity index (χ0v) is 37.2. The first-order chi connectivity index (χ1) is 34.2. The van der Waals surface area contributed by atoms with Crippen LogP contribution in [-0.4, -0.2) is 24.1 Å². The average Bonchev–Trinajstić information content (AvgIpc) is 4.11. The molecule has 4 aromatic heterocycles. The minimum Gasteiger partial charge on any atom is -0.456 e. The van der Waals surface area contributed by atoms with Crippen LogP contribution < -0.4 is 0 Å². The summed E-state index contributed by atoms with van der Waals surface area (Å²) in [5, 5.41) is 8.27. The number of nitrogens with zero attached hydrogens (tertiary/aromatic N) is 5. The van der Waals surface area contributed by atoms with Crippen LogP contribution in [0.2, 0.25) is 0 Å². The molecule has 0 spiro atoms. The number of fused-ring (bicyclic) bond motifs is 8. The molecule has 0 unspecified atom stereocenters. The van der Waals surface area contributed by atoms with Gasteiger partial charge in [0.2, 0.25) is 0 Å². The molecule has 0 saturated heterocycles. The average molecular weight is 882 g/mol. The summed E-state index contributed by atoms with van der Waals surface area (Å²) in [4.78, 5) is 16.0. The van der Waals surface area contributed by atoms with E-state index in [4.69, 9.17) is 19.4 Å². The molecule has 6 nitrogen and oxygen atoms in total. The van der Waals surface area contributed by atoms with Gasteiger partial charge in [-0.05, 0) is 76.5 Å². The smallest absolute Gasteiger partial charge is 0.164 e. The molecule has 14 rings (SSSR count). The number of hydrogen-bond donors (Lipinski definition) is 0. The van der Waals surface area contributed by atoms with E-state index in [0.717, 1.165) is 78.0 Å². The Bertz CT molecular complexity index is 4030. The molecule has 0 N–H and O–H groups in total. The summed E-state index contributed by atoms with van der Waals surface area (Å²) in [5.41, 5.74) is 13.3. The molecule has 0 amide bonds. The van der Waals surface area contributed by atoms with Crippen molar-refractivity contribution in [1.82, 2.24) is 24.1 Å². The lowest BCUT2D eigenvalue weighted by atomic mass is 9.97. The predicted molar refractivity (Wildman–Crippen MR) is 283 cm³/mol. The van der Waals surface area contributed by atoms with E-state index in [1.807, 2.05) is 18.2 Å². The van der Waals surface area contributed by atoms with E-state index >= 15 is 0 Å². The Morgan fingerprint density at radius 3 is 1.22 bits per heavy atom. The predicted octanol–water partition coefficient (Wildman–Crippen LogP) is 16.3. The maximum Gasteiger partial charge on any atom is 0.164 e. The van der Waals surface area contributed by atoms with Gasteiger partial charge < -0.3 is 13.6 Å². The fourth-order valence-electron chi connectivity index (χ4n) is 10.3. The zero-order chi connectivity index (χ0) is 45.4. The summed E-state index contributed by atoms with van der Waals surface area (Å²) in [7, 11) is 0. The molecule has 0 saturated carbocycles. The maximum atomic E-state index is 6.26. The van der Waals surface area contributed by atoms with E-state index in [9.17, 15) is 0 Å². The molecule has 69 heavy (non-hydrogen) atoms. The molecule has 0 bridgehead atoms. The molecule has 4 heterocycles. The first kappa shape index (κ1) is 38.8. The van der Waals surface area contributed by atoms with Crippen LogP contribution in [0.25, 0.3) is 133 Å². The molecule has 0 atom stereocenters. The molecular formula is C63H39N5O. The van der Waals surface area contributed by atoms with E-state index in [-0.39, 0.29) is 0 Å². The molecule has 322 valence electrons. The Labute approximate surface area is 396 Å². The largest absolute Gasteiger partial charge is 0.456 e. The molecular weight excluding hydrogens is 843 g/mol. The summed E-state index contributed by atoms with van der Waals surface area (Å²) < 4.78 is 11.0. The second-order valence-corrected chi connectivity index (χ2v) is 17.6. The number of para-hydroxylation sites is 5. The van der Waals surface area contributed by atoms with Crippen molar-refractivity contribution >= 4 is 65.4 Å². The van der Waals surface area contributed by atoms with Gasteiger partial charge in [-0.15, -0.1) is 0 Å². The SMILES string of the molecule is c1ccc2oc(-c3ccc(-c4nc(-c5ccc(-c6cccc7ccccc67)cc5)nc(-c5cc(-n6c7ccccc7c7ccccc76)cc(-n6c7ccccc7c7ccccc76)c5)n4)cc3)cc2c1. The van der Waals surface area contributed by atoms with Crippen molar-refractivity contribution in [3.63, 3.8) is 0 Å². The topological polar surface area (TPSA) is 61.7 Å². The number of benzene rings is 10. The fraction of sp³-hybridized carbons (Fsp3) is 0. The van der Waals surface area contributed by atoms with Gasteiger partial charge in [-0.2, -0.15) is 0 Å². The van der Waals surface area contributed by atoms with Gasteiger partial charge in [0.15, 0.2) is 17.5 Å². The minimum atomic E-state index is 0.569. The number of hydrogen-bond acceptors (Lipinski definition) is 4. The Hall–Kier alpha value is -9.39. The minimum absolute atomic E-state index is 0.569. The third-order valence-corrected chi connectivity index (χ3v) is 13.6. The van der Waals surface area contributed by atoms with Gasteiger partial charge in [-0.3, -0.25) is 0 Å². The van der Waals surface area contributed by atoms with Crippen molar-refractivity contribution in [1.29, 1.82) is 0 Å². The highest BCUT2D eigenvalue weighted by Gasteiger charge is 2.20. The van der Waals surface area contributed by atoms with Crippen LogP contribution in [0.4, 0.5) is 0 Å². The van der Waals surface area contributed by atoms with Crippen LogP contribution in [0.1, 0.15) is 0 Å². The van der Waals surface area contributed by atoms with Crippen LogP contribution in [0, 0.1) is 0 Å². The summed E-state index contributed by atoms with van der Waals surface area (Å²) in [5.74, 6) is 2.54. The van der Waals surface area contributed by atoms with E-state index in [2.05, 4.69) is 228 Å². The molecule has 14 aromatic rings. The van der Waals surface area contributed by atoms with Gasteiger partial charge in [-0.1, -0.05) is 182 Å². The van der Waals surface area contributed by atoms with Crippen molar-refractivity contribution in [2.45, 2.75) is 0 Å². The van der Waals surface area contributed by atoms with Crippen LogP contribution >= 0.6 is 0 Å². The molecule has 0 aliphatic heterocycles. The second-order valence-electron chi connectivity index (χ2n) is 17.6. The third kappa shape index (κ3) is 6.45. The van der Waals surface area contributed by atoms with Gasteiger partial charge in [0, 0.05) is 60.6 Å². The van der Waals surface area contributed by atoms with Gasteiger partial charge in [0.1, 0.15) is 11.3 Å². The van der Waals surface area contributed by atoms with Crippen LogP contribution in [0.3, 0.4) is 0 Å². The zero-order valence-electron chi connectivity index (χ0n) is 37.2. The van der Waals surface area contributed by atoms with Gasteiger partial charge >= 0.3 is 0 Å². The molecule has 10 aromatic carbocycles. The number of rotatable bonds is 7. The summed E-state index contributed by atoms with van der Waals surface area (Å²) >= 11 is 0. The maximum absolute atomic E-state index is 6.26. The van der Waals surface area contributed by atoms with Crippen molar-refractivity contribution in [2.75, 3.05) is 0 Å². The summed E-state index contributed by atoms with van der Waals surface area (Å²) in [6.07, 6.45) is 0. The third-order valence-electron chi connectivity index (χ3n) is 13.6. The molecule has 0 aliphatic carbocycles. The van der Waals surface area contributed by atoms with Crippen LogP contribution in [0.15, 0.2) is 241 Å². The lowest BCUT2D eigenvalue weighted by Crippen LogP contribution is -2.03. The summed E-state index contributed by atoms with van der Waals surface area (Å²) in [6.45, 7) is 0. The second kappa shape index (κ2) is 15.6. The quantitative estimate of drug-likeness (QED) is 0.160. The fourth-order valence-corrected chi connectivity index (χ4v) is 10.3. The first-order valence-corrected chi connectivity index (χ1v) is 23.3. The number of furan rings is 1. The monoisotopic (exact) mass is 881 g/mol. The van der Waals surface area contributed by atoms with E-state index < -0.39 is 0 Å². The molecule has 6 heteroatoms. The standard InChI is InChI=1S/C63H39N5O/c1-3-17-49-40(14-1)16-13-22-50(49)41-28-32-43(33-29-41)61-64-62(44-34-30-42(31-35-44)60-38-45-15-2-12-27-59(45)69-60)66-63(65-61)46-36-47(67-55-23-8-4-18-51(55)52-19-5-9-24-56(52)67)39-48(37-46)68-57-25-10-6-20-53(57)54-21-7-11-26-58(54)68/h1-39H. The first-order valence-electron chi connectivity index (χ1n) is 23.3. The van der Waals surface area contributed by atoms with Crippen LogP contribution in [0.5, 0.6) is 0 Å². The normalized spacial score (nSPS) is 11.8. The lowest BCUT2D eigenvalue weighted by molar-refractivity contribution is 0.631. The van der Waals surface area contributed by atoms with Gasteiger partial charge in [0.25, 0.3) is 0 Å². The van der Waals surface area contributed by atoms with Crippen molar-refractivity contribution in [3.05, 3.63) is 237 Å². The van der Waals surface area contributed by atoms with Crippen LogP contribution in [-0.2, 0) is 0 Å². The van der Waals surface area contributed by atoms with Gasteiger partial charge in [0.05, 0.1) is 22.1 Å². The molecule has 0 aliphatic rings. The van der Waals surface area contributed by atoms with Gasteiger partial charge in [-0.25, -0.2) is 15.0 Å². The molecule has 0 radical (unpaired) electrons. The summed E-state index contributed by atoms with van der Waals surface area (Å²) in [6, 6.07) is 83.4. The lowest BCUT2D eigenvalue weighted by Gasteiger charge is -2.16. The van der Waals surface area contributed by atoms with Crippen molar-refractivity contribution < 1.29 is 4.42 Å². The highest BCUT2D eigenvalue weighted by atomic mass is 16.3. The Balaban J connectivity index is 0.991. The van der Waals surface area contributed by atoms with Crippen molar-refractivity contribution in [2.24, 2.45) is 0 Å². The number of aromatic nitrogens is 5. The molecule has 0 fully saturated rings. The Kier molecular flexibility index (Phi) is 8.79. The van der Waals surface area contributed by atoms with E-state index in [1.54, 1.807) is 0 Å². The Morgan fingerprint density at radius 1 is 0.290 bits per heavy atom. The highest BCUT2D eigenvalue weighted by molar-refractivity contribution is 6.11. The van der Waals surface area contributed by atoms with Crippen molar-refractivity contribution in [3.8, 4) is 68.0 Å². The van der Waals surface area contributed by atoms with E-state index in [0.29, 0.717) is 17.5 Å².